The molecule has 3 heteroatoms. The molecule has 94 valence electrons. The number of hydrogen-bond acceptors (Lipinski definition) is 2. The molecule has 1 saturated heterocycles. The van der Waals surface area contributed by atoms with Crippen molar-refractivity contribution >= 4 is 23.0 Å². The molecule has 3 atom stereocenters. The van der Waals surface area contributed by atoms with Crippen molar-refractivity contribution in [2.45, 2.75) is 33.2 Å². The molecule has 1 heterocycles. The Bertz CT molecular complexity index is 405. The van der Waals surface area contributed by atoms with Crippen LogP contribution in [0.1, 0.15) is 27.2 Å². The number of nitrogens with zero attached hydrogens (tertiary/aromatic N) is 1. The summed E-state index contributed by atoms with van der Waals surface area (Å²) in [5.74, 6) is 1.40. The largest absolute Gasteiger partial charge is 0.397 e. The van der Waals surface area contributed by atoms with Gasteiger partial charge in [0.2, 0.25) is 0 Å². The van der Waals surface area contributed by atoms with Gasteiger partial charge in [-0.05, 0) is 43.4 Å². The van der Waals surface area contributed by atoms with Crippen molar-refractivity contribution in [1.82, 2.24) is 0 Å². The summed E-state index contributed by atoms with van der Waals surface area (Å²) >= 11 is 6.07. The molecule has 2 rings (SSSR count). The molecule has 0 spiro atoms. The molecule has 0 radical (unpaired) electrons. The minimum Gasteiger partial charge on any atom is -0.397 e. The third-order valence-electron chi connectivity index (χ3n) is 3.90. The van der Waals surface area contributed by atoms with Crippen molar-refractivity contribution in [3.63, 3.8) is 0 Å². The van der Waals surface area contributed by atoms with E-state index in [0.717, 1.165) is 22.9 Å². The van der Waals surface area contributed by atoms with Crippen molar-refractivity contribution in [1.29, 1.82) is 0 Å². The molecule has 1 aliphatic heterocycles. The zero-order valence-corrected chi connectivity index (χ0v) is 11.5. The zero-order valence-electron chi connectivity index (χ0n) is 10.8. The monoisotopic (exact) mass is 252 g/mol. The Hall–Kier alpha value is -0.890. The summed E-state index contributed by atoms with van der Waals surface area (Å²) < 4.78 is 0. The summed E-state index contributed by atoms with van der Waals surface area (Å²) in [5.41, 5.74) is 7.98. The van der Waals surface area contributed by atoms with Crippen LogP contribution in [0.2, 0.25) is 5.02 Å². The van der Waals surface area contributed by atoms with Gasteiger partial charge in [0, 0.05) is 17.6 Å². The van der Waals surface area contributed by atoms with Crippen LogP contribution in [-0.2, 0) is 0 Å². The molecule has 0 aromatic heterocycles. The second-order valence-corrected chi connectivity index (χ2v) is 5.85. The van der Waals surface area contributed by atoms with Crippen molar-refractivity contribution in [2.75, 3.05) is 17.2 Å². The lowest BCUT2D eigenvalue weighted by atomic mass is 9.85. The Morgan fingerprint density at radius 1 is 1.29 bits per heavy atom. The topological polar surface area (TPSA) is 29.3 Å². The Labute approximate surface area is 109 Å². The first-order chi connectivity index (χ1) is 7.99. The van der Waals surface area contributed by atoms with Gasteiger partial charge in [0.05, 0.1) is 11.4 Å². The van der Waals surface area contributed by atoms with Crippen LogP contribution in [0.25, 0.3) is 0 Å². The van der Waals surface area contributed by atoms with Crippen LogP contribution >= 0.6 is 11.6 Å². The van der Waals surface area contributed by atoms with Gasteiger partial charge in [0.1, 0.15) is 0 Å². The van der Waals surface area contributed by atoms with E-state index in [4.69, 9.17) is 17.3 Å². The van der Waals surface area contributed by atoms with E-state index in [2.05, 4.69) is 25.7 Å². The SMILES string of the molecule is CC1CC(C)C(C)N(c2cc(Cl)ccc2N)C1. The summed E-state index contributed by atoms with van der Waals surface area (Å²) in [6, 6.07) is 6.25. The predicted molar refractivity (Wildman–Crippen MR) is 75.6 cm³/mol. The van der Waals surface area contributed by atoms with E-state index in [1.54, 1.807) is 0 Å². The summed E-state index contributed by atoms with van der Waals surface area (Å²) in [5, 5.41) is 0.757. The number of piperidine rings is 1. The van der Waals surface area contributed by atoms with E-state index in [0.29, 0.717) is 17.9 Å². The maximum atomic E-state index is 6.07. The van der Waals surface area contributed by atoms with E-state index in [1.165, 1.54) is 6.42 Å². The maximum absolute atomic E-state index is 6.07. The Morgan fingerprint density at radius 2 is 2.00 bits per heavy atom. The summed E-state index contributed by atoms with van der Waals surface area (Å²) in [6.07, 6.45) is 1.29. The Balaban J connectivity index is 2.34. The second kappa shape index (κ2) is 4.77. The normalized spacial score (nSPS) is 29.4. The predicted octanol–water partition coefficient (Wildman–Crippen LogP) is 3.79. The van der Waals surface area contributed by atoms with Gasteiger partial charge in [-0.1, -0.05) is 25.4 Å². The molecule has 0 saturated carbocycles. The van der Waals surface area contributed by atoms with E-state index in [1.807, 2.05) is 18.2 Å². The van der Waals surface area contributed by atoms with Gasteiger partial charge in [0.15, 0.2) is 0 Å². The molecule has 0 aliphatic carbocycles. The number of anilines is 2. The van der Waals surface area contributed by atoms with Gasteiger partial charge >= 0.3 is 0 Å². The molecular weight excluding hydrogens is 232 g/mol. The van der Waals surface area contributed by atoms with Gasteiger partial charge in [-0.3, -0.25) is 0 Å². The van der Waals surface area contributed by atoms with Crippen LogP contribution in [0.3, 0.4) is 0 Å². The quantitative estimate of drug-likeness (QED) is 0.771. The highest BCUT2D eigenvalue weighted by Gasteiger charge is 2.29. The smallest absolute Gasteiger partial charge is 0.0617 e. The first-order valence-corrected chi connectivity index (χ1v) is 6.68. The number of halogens is 1. The fourth-order valence-electron chi connectivity index (χ4n) is 2.80. The summed E-state index contributed by atoms with van der Waals surface area (Å²) in [4.78, 5) is 2.40. The van der Waals surface area contributed by atoms with Gasteiger partial charge in [0.25, 0.3) is 0 Å². The van der Waals surface area contributed by atoms with Crippen molar-refractivity contribution in [3.8, 4) is 0 Å². The third kappa shape index (κ3) is 2.52. The molecular formula is C14H21ClN2. The molecule has 2 N–H and O–H groups in total. The molecule has 17 heavy (non-hydrogen) atoms. The molecule has 0 amide bonds. The molecule has 1 fully saturated rings. The first kappa shape index (κ1) is 12.6. The fourth-order valence-corrected chi connectivity index (χ4v) is 2.97. The van der Waals surface area contributed by atoms with E-state index < -0.39 is 0 Å². The minimum atomic E-state index is 0.520. The molecule has 0 bridgehead atoms. The lowest BCUT2D eigenvalue weighted by Gasteiger charge is -2.43. The van der Waals surface area contributed by atoms with Gasteiger partial charge in [-0.2, -0.15) is 0 Å². The van der Waals surface area contributed by atoms with E-state index in [9.17, 15) is 0 Å². The highest BCUT2D eigenvalue weighted by Crippen LogP contribution is 2.35. The fraction of sp³-hybridized carbons (Fsp3) is 0.571. The number of benzene rings is 1. The number of nitrogen functional groups attached to an aromatic ring is 1. The van der Waals surface area contributed by atoms with E-state index in [-0.39, 0.29) is 0 Å². The molecule has 2 nitrogen and oxygen atoms in total. The number of hydrogen-bond donors (Lipinski definition) is 1. The molecule has 3 unspecified atom stereocenters. The van der Waals surface area contributed by atoms with Crippen LogP contribution in [0.5, 0.6) is 0 Å². The second-order valence-electron chi connectivity index (χ2n) is 5.41. The standard InChI is InChI=1S/C14H21ClN2/c1-9-6-10(2)11(3)17(8-9)14-7-12(15)4-5-13(14)16/h4-5,7,9-11H,6,8,16H2,1-3H3. The van der Waals surface area contributed by atoms with Crippen molar-refractivity contribution in [2.24, 2.45) is 11.8 Å². The lowest BCUT2D eigenvalue weighted by molar-refractivity contribution is 0.297. The Morgan fingerprint density at radius 3 is 2.71 bits per heavy atom. The number of nitrogens with two attached hydrogens (primary N) is 1. The maximum Gasteiger partial charge on any atom is 0.0617 e. The van der Waals surface area contributed by atoms with Crippen molar-refractivity contribution < 1.29 is 0 Å². The molecule has 1 aliphatic rings. The highest BCUT2D eigenvalue weighted by atomic mass is 35.5. The highest BCUT2D eigenvalue weighted by molar-refractivity contribution is 6.31. The van der Waals surface area contributed by atoms with Gasteiger partial charge in [-0.25, -0.2) is 0 Å². The lowest BCUT2D eigenvalue weighted by Crippen LogP contribution is -2.46. The van der Waals surface area contributed by atoms with Crippen LogP contribution < -0.4 is 10.6 Å². The van der Waals surface area contributed by atoms with Gasteiger partial charge in [-0.15, -0.1) is 0 Å². The van der Waals surface area contributed by atoms with Crippen LogP contribution in [-0.4, -0.2) is 12.6 Å². The van der Waals surface area contributed by atoms with E-state index >= 15 is 0 Å². The third-order valence-corrected chi connectivity index (χ3v) is 4.13. The van der Waals surface area contributed by atoms with Crippen molar-refractivity contribution in [3.05, 3.63) is 23.2 Å². The minimum absolute atomic E-state index is 0.520. The summed E-state index contributed by atoms with van der Waals surface area (Å²) in [6.45, 7) is 7.96. The summed E-state index contributed by atoms with van der Waals surface area (Å²) in [7, 11) is 0. The molecule has 1 aromatic carbocycles. The Kier molecular flexibility index (Phi) is 3.53. The van der Waals surface area contributed by atoms with Gasteiger partial charge < -0.3 is 10.6 Å². The average molecular weight is 253 g/mol. The zero-order chi connectivity index (χ0) is 12.6. The van der Waals surface area contributed by atoms with Crippen LogP contribution in [0, 0.1) is 11.8 Å². The van der Waals surface area contributed by atoms with Crippen LogP contribution in [0.4, 0.5) is 11.4 Å². The average Bonchev–Trinajstić information content (AvgIpc) is 2.27. The number of rotatable bonds is 1. The first-order valence-electron chi connectivity index (χ1n) is 6.30. The van der Waals surface area contributed by atoms with Crippen LogP contribution in [0.15, 0.2) is 18.2 Å². The molecule has 1 aromatic rings.